The van der Waals surface area contributed by atoms with Crippen LogP contribution in [0.2, 0.25) is 0 Å². The highest BCUT2D eigenvalue weighted by Crippen LogP contribution is 2.27. The third-order valence-electron chi connectivity index (χ3n) is 3.33. The molecule has 0 aliphatic heterocycles. The quantitative estimate of drug-likeness (QED) is 0.457. The molecular weight excluding hydrogens is 348 g/mol. The molecule has 25 heavy (non-hydrogen) atoms. The fraction of sp³-hybridized carbons (Fsp3) is 0.133. The van der Waals surface area contributed by atoms with Gasteiger partial charge in [0, 0.05) is 11.6 Å². The molecule has 2 rings (SSSR count). The van der Waals surface area contributed by atoms with E-state index in [9.17, 15) is 18.5 Å². The van der Waals surface area contributed by atoms with Gasteiger partial charge >= 0.3 is 0 Å². The number of nitro groups is 1. The van der Waals surface area contributed by atoms with Gasteiger partial charge in [0.15, 0.2) is 0 Å². The SMILES string of the molecule is COc1cccc(/C(C)=N\Nc2ccc(S(N)(=O)=O)cc2[N+](=O)[O-])c1. The minimum Gasteiger partial charge on any atom is -0.497 e. The lowest BCUT2D eigenvalue weighted by Crippen LogP contribution is -2.12. The average molecular weight is 364 g/mol. The molecule has 0 radical (unpaired) electrons. The van der Waals surface area contributed by atoms with Crippen molar-refractivity contribution in [1.82, 2.24) is 0 Å². The van der Waals surface area contributed by atoms with E-state index in [4.69, 9.17) is 9.88 Å². The first-order valence-corrected chi connectivity index (χ1v) is 8.53. The molecule has 0 aromatic heterocycles. The first kappa shape index (κ1) is 18.4. The summed E-state index contributed by atoms with van der Waals surface area (Å²) in [6, 6.07) is 10.4. The summed E-state index contributed by atoms with van der Waals surface area (Å²) in [6.07, 6.45) is 0. The van der Waals surface area contributed by atoms with Crippen molar-refractivity contribution in [3.63, 3.8) is 0 Å². The second-order valence-corrected chi connectivity index (χ2v) is 6.58. The van der Waals surface area contributed by atoms with E-state index >= 15 is 0 Å². The Kier molecular flexibility index (Phi) is 5.35. The van der Waals surface area contributed by atoms with Gasteiger partial charge in [0.25, 0.3) is 5.69 Å². The number of methoxy groups -OCH3 is 1. The highest BCUT2D eigenvalue weighted by atomic mass is 32.2. The average Bonchev–Trinajstić information content (AvgIpc) is 2.58. The van der Waals surface area contributed by atoms with Crippen LogP contribution in [-0.4, -0.2) is 26.2 Å². The lowest BCUT2D eigenvalue weighted by molar-refractivity contribution is -0.384. The van der Waals surface area contributed by atoms with Gasteiger partial charge in [0.05, 0.1) is 22.6 Å². The number of ether oxygens (including phenoxy) is 1. The summed E-state index contributed by atoms with van der Waals surface area (Å²) < 4.78 is 27.8. The molecule has 0 spiro atoms. The number of nitrogens with two attached hydrogens (primary N) is 1. The molecule has 0 aliphatic carbocycles. The molecule has 3 N–H and O–H groups in total. The van der Waals surface area contributed by atoms with Crippen LogP contribution in [0.4, 0.5) is 11.4 Å². The monoisotopic (exact) mass is 364 g/mol. The van der Waals surface area contributed by atoms with E-state index in [-0.39, 0.29) is 10.6 Å². The van der Waals surface area contributed by atoms with Crippen molar-refractivity contribution in [2.75, 3.05) is 12.5 Å². The third-order valence-corrected chi connectivity index (χ3v) is 4.24. The normalized spacial score (nSPS) is 11.9. The number of hydrogen-bond acceptors (Lipinski definition) is 7. The highest BCUT2D eigenvalue weighted by molar-refractivity contribution is 7.89. The van der Waals surface area contributed by atoms with E-state index in [0.29, 0.717) is 11.5 Å². The van der Waals surface area contributed by atoms with Crippen LogP contribution >= 0.6 is 0 Å². The Morgan fingerprint density at radius 3 is 2.60 bits per heavy atom. The van der Waals surface area contributed by atoms with Crippen LogP contribution in [0.5, 0.6) is 5.75 Å². The minimum atomic E-state index is -4.04. The molecule has 0 heterocycles. The van der Waals surface area contributed by atoms with Crippen molar-refractivity contribution in [3.05, 3.63) is 58.1 Å². The fourth-order valence-electron chi connectivity index (χ4n) is 1.99. The van der Waals surface area contributed by atoms with Gasteiger partial charge in [-0.25, -0.2) is 13.6 Å². The molecule has 0 saturated heterocycles. The lowest BCUT2D eigenvalue weighted by atomic mass is 10.1. The van der Waals surface area contributed by atoms with E-state index in [0.717, 1.165) is 11.6 Å². The van der Waals surface area contributed by atoms with Gasteiger partial charge in [0.1, 0.15) is 11.4 Å². The van der Waals surface area contributed by atoms with Crippen molar-refractivity contribution < 1.29 is 18.1 Å². The maximum atomic E-state index is 11.3. The standard InChI is InChI=1S/C15H16N4O5S/c1-10(11-4-3-5-12(8-11)24-2)17-18-14-7-6-13(25(16,22)23)9-15(14)19(20)21/h3-9,18H,1-2H3,(H2,16,22,23)/b17-10-. The molecule has 0 fully saturated rings. The smallest absolute Gasteiger partial charge is 0.295 e. The number of primary sulfonamides is 1. The second-order valence-electron chi connectivity index (χ2n) is 5.02. The zero-order valence-corrected chi connectivity index (χ0v) is 14.3. The number of hydrogen-bond donors (Lipinski definition) is 2. The lowest BCUT2D eigenvalue weighted by Gasteiger charge is -2.07. The summed E-state index contributed by atoms with van der Waals surface area (Å²) in [5, 5.41) is 20.3. The predicted molar refractivity (Wildman–Crippen MR) is 93.3 cm³/mol. The van der Waals surface area contributed by atoms with Crippen LogP contribution in [0.15, 0.2) is 52.5 Å². The van der Waals surface area contributed by atoms with E-state index in [1.165, 1.54) is 12.1 Å². The van der Waals surface area contributed by atoms with Gasteiger partial charge in [-0.2, -0.15) is 5.10 Å². The number of nitro benzene ring substituents is 1. The number of rotatable bonds is 6. The second kappa shape index (κ2) is 7.28. The van der Waals surface area contributed by atoms with E-state index in [2.05, 4.69) is 10.5 Å². The molecule has 0 bridgehead atoms. The van der Waals surface area contributed by atoms with E-state index in [1.54, 1.807) is 32.2 Å². The van der Waals surface area contributed by atoms with Gasteiger partial charge in [0.2, 0.25) is 10.0 Å². The highest BCUT2D eigenvalue weighted by Gasteiger charge is 2.19. The molecule has 10 heteroatoms. The van der Waals surface area contributed by atoms with Crippen molar-refractivity contribution in [3.8, 4) is 5.75 Å². The van der Waals surface area contributed by atoms with Gasteiger partial charge in [-0.05, 0) is 31.2 Å². The zero-order valence-electron chi connectivity index (χ0n) is 13.5. The number of anilines is 1. The van der Waals surface area contributed by atoms with Crippen LogP contribution in [0.3, 0.4) is 0 Å². The van der Waals surface area contributed by atoms with E-state index < -0.39 is 20.6 Å². The topological polar surface area (TPSA) is 137 Å². The fourth-order valence-corrected chi connectivity index (χ4v) is 2.52. The molecule has 0 saturated carbocycles. The number of nitrogens with one attached hydrogen (secondary N) is 1. The van der Waals surface area contributed by atoms with Crippen molar-refractivity contribution in [1.29, 1.82) is 0 Å². The Bertz CT molecular complexity index is 941. The predicted octanol–water partition coefficient (Wildman–Crippen LogP) is 2.09. The van der Waals surface area contributed by atoms with Gasteiger partial charge in [-0.3, -0.25) is 15.5 Å². The summed E-state index contributed by atoms with van der Waals surface area (Å²) in [5.41, 5.74) is 3.49. The van der Waals surface area contributed by atoms with Crippen molar-refractivity contribution >= 4 is 27.1 Å². The number of nitrogens with zero attached hydrogens (tertiary/aromatic N) is 2. The summed E-state index contributed by atoms with van der Waals surface area (Å²) >= 11 is 0. The maximum Gasteiger partial charge on any atom is 0.295 e. The van der Waals surface area contributed by atoms with E-state index in [1.807, 2.05) is 6.07 Å². The molecule has 0 aliphatic rings. The zero-order chi connectivity index (χ0) is 18.6. The molecule has 0 atom stereocenters. The molecule has 2 aromatic rings. The Hall–Kier alpha value is -2.98. The van der Waals surface area contributed by atoms with Crippen molar-refractivity contribution in [2.24, 2.45) is 10.2 Å². The molecule has 2 aromatic carbocycles. The van der Waals surface area contributed by atoms with Gasteiger partial charge in [-0.15, -0.1) is 0 Å². The summed E-state index contributed by atoms with van der Waals surface area (Å²) in [4.78, 5) is 10.1. The maximum absolute atomic E-state index is 11.3. The Morgan fingerprint density at radius 2 is 2.00 bits per heavy atom. The Balaban J connectivity index is 2.34. The summed E-state index contributed by atoms with van der Waals surface area (Å²) in [7, 11) is -2.50. The molecule has 0 amide bonds. The Morgan fingerprint density at radius 1 is 1.28 bits per heavy atom. The van der Waals surface area contributed by atoms with Crippen molar-refractivity contribution in [2.45, 2.75) is 11.8 Å². The van der Waals surface area contributed by atoms with Crippen LogP contribution in [-0.2, 0) is 10.0 Å². The molecule has 0 unspecified atom stereocenters. The molecular formula is C15H16N4O5S. The van der Waals surface area contributed by atoms with Gasteiger partial charge in [-0.1, -0.05) is 12.1 Å². The third kappa shape index (κ3) is 4.52. The van der Waals surface area contributed by atoms with Crippen LogP contribution in [0.25, 0.3) is 0 Å². The summed E-state index contributed by atoms with van der Waals surface area (Å²) in [6.45, 7) is 1.71. The largest absolute Gasteiger partial charge is 0.497 e. The molecule has 9 nitrogen and oxygen atoms in total. The van der Waals surface area contributed by atoms with Gasteiger partial charge < -0.3 is 4.74 Å². The Labute approximate surface area is 144 Å². The number of hydrazone groups is 1. The summed E-state index contributed by atoms with van der Waals surface area (Å²) in [5.74, 6) is 0.649. The first-order chi connectivity index (χ1) is 11.7. The molecule has 132 valence electrons. The van der Waals surface area contributed by atoms with Crippen LogP contribution in [0, 0.1) is 10.1 Å². The van der Waals surface area contributed by atoms with Crippen LogP contribution < -0.4 is 15.3 Å². The minimum absolute atomic E-state index is 0.0413. The van der Waals surface area contributed by atoms with Crippen LogP contribution in [0.1, 0.15) is 12.5 Å². The number of sulfonamides is 1. The number of benzene rings is 2. The first-order valence-electron chi connectivity index (χ1n) is 6.98.